The Kier molecular flexibility index (Phi) is 6.77. The van der Waals surface area contributed by atoms with Crippen molar-refractivity contribution < 1.29 is 28.5 Å². The molecule has 0 fully saturated rings. The number of aromatic nitrogens is 1. The number of fused-ring (bicyclic) bond motifs is 1. The van der Waals surface area contributed by atoms with Gasteiger partial charge in [-0.2, -0.15) is 0 Å². The summed E-state index contributed by atoms with van der Waals surface area (Å²) in [6.07, 6.45) is 3.31. The van der Waals surface area contributed by atoms with Gasteiger partial charge in [0, 0.05) is 31.1 Å². The summed E-state index contributed by atoms with van der Waals surface area (Å²) in [5.41, 5.74) is 2.10. The van der Waals surface area contributed by atoms with Crippen LogP contribution >= 0.6 is 0 Å². The Bertz CT molecular complexity index is 1250. The monoisotopic (exact) mass is 477 g/mol. The van der Waals surface area contributed by atoms with Crippen LogP contribution in [0, 0.1) is 0 Å². The molecule has 0 radical (unpaired) electrons. The van der Waals surface area contributed by atoms with E-state index in [4.69, 9.17) is 18.9 Å². The molecule has 0 unspecified atom stereocenters. The maximum atomic E-state index is 13.9. The van der Waals surface area contributed by atoms with E-state index in [-0.39, 0.29) is 11.8 Å². The second kappa shape index (κ2) is 9.92. The van der Waals surface area contributed by atoms with Gasteiger partial charge in [0.15, 0.2) is 11.5 Å². The maximum Gasteiger partial charge on any atom is 0.254 e. The lowest BCUT2D eigenvalue weighted by molar-refractivity contribution is -0.119. The lowest BCUT2D eigenvalue weighted by atomic mass is 9.79. The predicted molar refractivity (Wildman–Crippen MR) is 130 cm³/mol. The lowest BCUT2D eigenvalue weighted by Gasteiger charge is -2.40. The average molecular weight is 478 g/mol. The topological polar surface area (TPSA) is 99.2 Å². The molecule has 1 aliphatic rings. The van der Waals surface area contributed by atoms with Crippen LogP contribution in [0.2, 0.25) is 0 Å². The van der Waals surface area contributed by atoms with Gasteiger partial charge in [0.25, 0.3) is 5.91 Å². The number of likely N-dealkylation sites (N-methyl/N-ethyl adjacent to an activating group) is 1. The van der Waals surface area contributed by atoms with E-state index in [0.717, 1.165) is 5.56 Å². The quantitative estimate of drug-likeness (QED) is 0.554. The number of ether oxygens (including phenoxy) is 4. The van der Waals surface area contributed by atoms with Gasteiger partial charge in [-0.05, 0) is 41.5 Å². The minimum atomic E-state index is -0.775. The number of rotatable bonds is 7. The first kappa shape index (κ1) is 23.9. The third-order valence-electron chi connectivity index (χ3n) is 6.15. The smallest absolute Gasteiger partial charge is 0.254 e. The summed E-state index contributed by atoms with van der Waals surface area (Å²) in [4.78, 5) is 33.1. The van der Waals surface area contributed by atoms with E-state index in [1.807, 2.05) is 6.07 Å². The van der Waals surface area contributed by atoms with E-state index in [2.05, 4.69) is 10.3 Å². The van der Waals surface area contributed by atoms with Crippen molar-refractivity contribution in [1.29, 1.82) is 0 Å². The van der Waals surface area contributed by atoms with Crippen LogP contribution in [0.3, 0.4) is 0 Å². The maximum absolute atomic E-state index is 13.9. The molecule has 2 heterocycles. The zero-order valence-corrected chi connectivity index (χ0v) is 20.2. The molecule has 9 nitrogen and oxygen atoms in total. The summed E-state index contributed by atoms with van der Waals surface area (Å²) >= 11 is 0. The van der Waals surface area contributed by atoms with E-state index in [9.17, 15) is 9.59 Å². The van der Waals surface area contributed by atoms with Crippen LogP contribution in [0.5, 0.6) is 23.0 Å². The molecule has 35 heavy (non-hydrogen) atoms. The van der Waals surface area contributed by atoms with E-state index in [1.165, 1.54) is 21.3 Å². The van der Waals surface area contributed by atoms with E-state index in [1.54, 1.807) is 67.8 Å². The minimum Gasteiger partial charge on any atom is -0.497 e. The molecule has 2 atom stereocenters. The normalized spacial score (nSPS) is 16.8. The van der Waals surface area contributed by atoms with Crippen LogP contribution in [0.15, 0.2) is 54.9 Å². The molecule has 1 N–H and O–H groups in total. The van der Waals surface area contributed by atoms with Crippen molar-refractivity contribution in [3.05, 3.63) is 71.5 Å². The molecule has 4 rings (SSSR count). The number of nitrogens with zero attached hydrogens (tertiary/aromatic N) is 2. The molecule has 182 valence electrons. The molecular weight excluding hydrogens is 450 g/mol. The third kappa shape index (κ3) is 4.32. The standard InChI is InChI=1S/C26H27N3O6/c1-29-24(15-7-6-10-27-14-15)23(17-12-21(34-4)22(35-5)13-18(17)26(29)31)25(30)28-19-9-8-16(32-2)11-20(19)33-3/h6-14,23-24H,1-5H3,(H,28,30)/t23-,24+/m0/s1. The number of benzene rings is 2. The highest BCUT2D eigenvalue weighted by atomic mass is 16.5. The SMILES string of the molecule is COc1ccc(NC(=O)[C@H]2c3cc(OC)c(OC)cc3C(=O)N(C)[C@@H]2c2cccnc2)c(OC)c1. The molecule has 1 aromatic heterocycles. The summed E-state index contributed by atoms with van der Waals surface area (Å²) < 4.78 is 21.6. The Hall–Kier alpha value is -4.27. The van der Waals surface area contributed by atoms with Crippen molar-refractivity contribution >= 4 is 17.5 Å². The second-order valence-corrected chi connectivity index (χ2v) is 7.97. The van der Waals surface area contributed by atoms with Gasteiger partial charge in [0.1, 0.15) is 11.5 Å². The first-order valence-electron chi connectivity index (χ1n) is 10.9. The van der Waals surface area contributed by atoms with Crippen LogP contribution < -0.4 is 24.3 Å². The highest BCUT2D eigenvalue weighted by Crippen LogP contribution is 2.46. The van der Waals surface area contributed by atoms with E-state index >= 15 is 0 Å². The fraction of sp³-hybridized carbons (Fsp3) is 0.269. The molecule has 0 saturated carbocycles. The Morgan fingerprint density at radius 3 is 2.29 bits per heavy atom. The molecular formula is C26H27N3O6. The van der Waals surface area contributed by atoms with Gasteiger partial charge in [-0.3, -0.25) is 14.6 Å². The predicted octanol–water partition coefficient (Wildman–Crippen LogP) is 3.67. The van der Waals surface area contributed by atoms with E-state index < -0.39 is 12.0 Å². The molecule has 9 heteroatoms. The zero-order chi connectivity index (χ0) is 25.1. The molecule has 2 aromatic carbocycles. The van der Waals surface area contributed by atoms with Crippen molar-refractivity contribution in [3.63, 3.8) is 0 Å². The third-order valence-corrected chi connectivity index (χ3v) is 6.15. The summed E-state index contributed by atoms with van der Waals surface area (Å²) in [5, 5.41) is 2.97. The molecule has 2 amide bonds. The minimum absolute atomic E-state index is 0.235. The van der Waals surface area contributed by atoms with Crippen molar-refractivity contribution in [1.82, 2.24) is 9.88 Å². The number of carbonyl (C=O) groups excluding carboxylic acids is 2. The van der Waals surface area contributed by atoms with Crippen LogP contribution in [-0.4, -0.2) is 57.2 Å². The van der Waals surface area contributed by atoms with Crippen LogP contribution in [-0.2, 0) is 4.79 Å². The van der Waals surface area contributed by atoms with Crippen LogP contribution in [0.4, 0.5) is 5.69 Å². The van der Waals surface area contributed by atoms with Gasteiger partial charge in [0.2, 0.25) is 5.91 Å². The Morgan fingerprint density at radius 2 is 1.66 bits per heavy atom. The first-order chi connectivity index (χ1) is 16.9. The average Bonchev–Trinajstić information content (AvgIpc) is 2.90. The molecule has 0 spiro atoms. The molecule has 0 aliphatic carbocycles. The molecule has 1 aliphatic heterocycles. The van der Waals surface area contributed by atoms with Crippen molar-refractivity contribution in [2.75, 3.05) is 40.8 Å². The van der Waals surface area contributed by atoms with Gasteiger partial charge in [0.05, 0.1) is 46.1 Å². The van der Waals surface area contributed by atoms with Crippen LogP contribution in [0.1, 0.15) is 33.4 Å². The number of anilines is 1. The fourth-order valence-corrected chi connectivity index (χ4v) is 4.41. The van der Waals surface area contributed by atoms with Crippen molar-refractivity contribution in [2.45, 2.75) is 12.0 Å². The Balaban J connectivity index is 1.86. The number of hydrogen-bond acceptors (Lipinski definition) is 7. The largest absolute Gasteiger partial charge is 0.497 e. The van der Waals surface area contributed by atoms with E-state index in [0.29, 0.717) is 39.8 Å². The number of pyridine rings is 1. The zero-order valence-electron chi connectivity index (χ0n) is 20.2. The second-order valence-electron chi connectivity index (χ2n) is 7.97. The number of methoxy groups -OCH3 is 4. The summed E-state index contributed by atoms with van der Waals surface area (Å²) in [7, 11) is 7.76. The van der Waals surface area contributed by atoms with Crippen molar-refractivity contribution in [3.8, 4) is 23.0 Å². The summed E-state index contributed by atoms with van der Waals surface area (Å²) in [5.74, 6) is 0.540. The fourth-order valence-electron chi connectivity index (χ4n) is 4.41. The summed E-state index contributed by atoms with van der Waals surface area (Å²) in [6, 6.07) is 11.5. The van der Waals surface area contributed by atoms with Gasteiger partial charge in [-0.15, -0.1) is 0 Å². The first-order valence-corrected chi connectivity index (χ1v) is 10.9. The Labute approximate surface area is 203 Å². The van der Waals surface area contributed by atoms with Gasteiger partial charge >= 0.3 is 0 Å². The molecule has 0 bridgehead atoms. The lowest BCUT2D eigenvalue weighted by Crippen LogP contribution is -2.44. The van der Waals surface area contributed by atoms with Crippen molar-refractivity contribution in [2.24, 2.45) is 0 Å². The number of hydrogen-bond donors (Lipinski definition) is 1. The number of nitrogens with one attached hydrogen (secondary N) is 1. The van der Waals surface area contributed by atoms with Gasteiger partial charge in [-0.25, -0.2) is 0 Å². The Morgan fingerprint density at radius 1 is 0.943 bits per heavy atom. The molecule has 0 saturated heterocycles. The highest BCUT2D eigenvalue weighted by Gasteiger charge is 2.44. The van der Waals surface area contributed by atoms with Crippen LogP contribution in [0.25, 0.3) is 0 Å². The number of amides is 2. The molecule has 3 aromatic rings. The van der Waals surface area contributed by atoms with Gasteiger partial charge in [-0.1, -0.05) is 6.07 Å². The summed E-state index contributed by atoms with van der Waals surface area (Å²) in [6.45, 7) is 0. The number of carbonyl (C=O) groups is 2. The highest BCUT2D eigenvalue weighted by molar-refractivity contribution is 6.05. The van der Waals surface area contributed by atoms with Gasteiger partial charge < -0.3 is 29.2 Å².